The molecule has 1 aromatic heterocycles. The number of aromatic nitrogens is 1. The zero-order valence-electron chi connectivity index (χ0n) is 24.6. The molecule has 9 heteroatoms. The maximum Gasteiger partial charge on any atom is 0.280 e. The second-order valence-corrected chi connectivity index (χ2v) is 16.3. The fraction of sp³-hybridized carbons (Fsp3) is 0.667. The quantitative estimate of drug-likeness (QED) is 0.409. The molecular weight excluding hydrogens is 530 g/mol. The number of benzene rings is 1. The maximum absolute atomic E-state index is 13.4. The monoisotopic (exact) mass is 575 g/mol. The van der Waals surface area contributed by atoms with E-state index in [1.54, 1.807) is 6.07 Å². The van der Waals surface area contributed by atoms with Gasteiger partial charge in [-0.2, -0.15) is 0 Å². The second-order valence-electron chi connectivity index (χ2n) is 13.7. The fourth-order valence-electron chi connectivity index (χ4n) is 5.64. The van der Waals surface area contributed by atoms with Gasteiger partial charge in [0.1, 0.15) is 0 Å². The second kappa shape index (κ2) is 11.2. The van der Waals surface area contributed by atoms with E-state index >= 15 is 0 Å². The summed E-state index contributed by atoms with van der Waals surface area (Å²) >= 11 is 1.41. The van der Waals surface area contributed by atoms with Gasteiger partial charge in [0.2, 0.25) is 10.0 Å². The van der Waals surface area contributed by atoms with E-state index in [9.17, 15) is 13.2 Å². The van der Waals surface area contributed by atoms with Gasteiger partial charge in [-0.15, -0.1) is 11.3 Å². The van der Waals surface area contributed by atoms with Crippen LogP contribution in [0.15, 0.2) is 23.1 Å². The van der Waals surface area contributed by atoms with Gasteiger partial charge in [-0.05, 0) is 87.0 Å². The average molecular weight is 576 g/mol. The minimum atomic E-state index is -3.73. The number of carbonyl (C=O) groups excluding carboxylic acids is 1. The molecule has 7 nitrogen and oxygen atoms in total. The van der Waals surface area contributed by atoms with Crippen LogP contribution in [0.5, 0.6) is 0 Å². The van der Waals surface area contributed by atoms with Crippen molar-refractivity contribution in [3.8, 4) is 10.4 Å². The predicted molar refractivity (Wildman–Crippen MR) is 158 cm³/mol. The van der Waals surface area contributed by atoms with E-state index in [0.717, 1.165) is 53.8 Å². The van der Waals surface area contributed by atoms with Crippen molar-refractivity contribution < 1.29 is 17.9 Å². The summed E-state index contributed by atoms with van der Waals surface area (Å²) in [5.74, 6) is -0.138. The van der Waals surface area contributed by atoms with Crippen molar-refractivity contribution >= 4 is 27.3 Å². The molecule has 2 aromatic rings. The summed E-state index contributed by atoms with van der Waals surface area (Å²) in [6, 6.07) is 5.68. The first-order valence-corrected chi connectivity index (χ1v) is 16.4. The molecule has 1 amide bonds. The number of sulfonamides is 1. The summed E-state index contributed by atoms with van der Waals surface area (Å²) < 4.78 is 35.1. The number of amides is 1. The van der Waals surface area contributed by atoms with Crippen molar-refractivity contribution in [1.29, 1.82) is 0 Å². The first-order chi connectivity index (χ1) is 18.1. The van der Waals surface area contributed by atoms with E-state index in [-0.39, 0.29) is 17.4 Å². The van der Waals surface area contributed by atoms with Crippen molar-refractivity contribution in [2.45, 2.75) is 115 Å². The third-order valence-corrected chi connectivity index (χ3v) is 10.6. The van der Waals surface area contributed by atoms with E-state index < -0.39 is 21.0 Å². The molecule has 1 saturated heterocycles. The van der Waals surface area contributed by atoms with Crippen molar-refractivity contribution in [2.75, 3.05) is 13.2 Å². The smallest absolute Gasteiger partial charge is 0.280 e. The van der Waals surface area contributed by atoms with Gasteiger partial charge in [0, 0.05) is 24.8 Å². The number of rotatable bonds is 7. The molecule has 1 aromatic carbocycles. The van der Waals surface area contributed by atoms with Gasteiger partial charge in [-0.3, -0.25) is 4.79 Å². The Morgan fingerprint density at radius 2 is 1.74 bits per heavy atom. The normalized spacial score (nSPS) is 18.8. The number of nitrogens with one attached hydrogen (secondary N) is 2. The molecule has 0 unspecified atom stereocenters. The van der Waals surface area contributed by atoms with E-state index in [4.69, 9.17) is 9.72 Å². The third kappa shape index (κ3) is 7.48. The molecule has 2 heterocycles. The molecule has 1 aliphatic carbocycles. The molecule has 1 saturated carbocycles. The standard InChI is InChI=1S/C30H45N3O4S2/c1-28(2,3)22-18-20(10-11-24(22)39(35,36)33-29(4,5)6)25-23(19-30(7)14-8-9-15-30)32-27(38-25)26(34)31-21-12-16-37-17-13-21/h10-11,18,21,33H,8-9,12-17,19H2,1-7H3,(H,31,34). The molecule has 4 rings (SSSR count). The van der Waals surface area contributed by atoms with E-state index in [1.807, 2.05) is 53.7 Å². The number of hydrogen-bond donors (Lipinski definition) is 2. The lowest BCUT2D eigenvalue weighted by atomic mass is 9.82. The van der Waals surface area contributed by atoms with E-state index in [1.165, 1.54) is 24.2 Å². The Hall–Kier alpha value is -1.81. The SMILES string of the molecule is CC1(Cc2nc(C(=O)NC3CCOCC3)sc2-c2ccc(S(=O)(=O)NC(C)(C)C)c(C(C)(C)C)c2)CCCC1. The van der Waals surface area contributed by atoms with Crippen LogP contribution in [0.2, 0.25) is 0 Å². The molecule has 2 aliphatic rings. The summed E-state index contributed by atoms with van der Waals surface area (Å²) in [4.78, 5) is 19.4. The Labute approximate surface area is 238 Å². The van der Waals surface area contributed by atoms with Gasteiger partial charge in [0.25, 0.3) is 5.91 Å². The fourth-order valence-corrected chi connectivity index (χ4v) is 8.44. The Kier molecular flexibility index (Phi) is 8.68. The van der Waals surface area contributed by atoms with Crippen LogP contribution in [0.3, 0.4) is 0 Å². The maximum atomic E-state index is 13.4. The molecule has 1 aliphatic heterocycles. The van der Waals surface area contributed by atoms with Crippen molar-refractivity contribution in [3.63, 3.8) is 0 Å². The Morgan fingerprint density at radius 1 is 1.10 bits per heavy atom. The highest BCUT2D eigenvalue weighted by Gasteiger charge is 2.34. The zero-order chi connectivity index (χ0) is 28.6. The lowest BCUT2D eigenvalue weighted by Gasteiger charge is -2.27. The molecule has 2 N–H and O–H groups in total. The lowest BCUT2D eigenvalue weighted by molar-refractivity contribution is 0.0696. The van der Waals surface area contributed by atoms with Crippen molar-refractivity contribution in [3.05, 3.63) is 34.5 Å². The molecular formula is C30H45N3O4S2. The first-order valence-electron chi connectivity index (χ1n) is 14.1. The molecule has 0 bridgehead atoms. The van der Waals surface area contributed by atoms with Gasteiger partial charge in [0.15, 0.2) is 5.01 Å². The third-order valence-electron chi connectivity index (χ3n) is 7.63. The highest BCUT2D eigenvalue weighted by atomic mass is 32.2. The molecule has 0 atom stereocenters. The largest absolute Gasteiger partial charge is 0.381 e. The van der Waals surface area contributed by atoms with Crippen LogP contribution in [0, 0.1) is 5.41 Å². The number of hydrogen-bond acceptors (Lipinski definition) is 6. The first kappa shape index (κ1) is 30.2. The summed E-state index contributed by atoms with van der Waals surface area (Å²) in [7, 11) is -3.73. The number of ether oxygens (including phenoxy) is 1. The highest BCUT2D eigenvalue weighted by Crippen LogP contribution is 2.44. The summed E-state index contributed by atoms with van der Waals surface area (Å²) in [5.41, 5.74) is 1.74. The Morgan fingerprint density at radius 3 is 2.33 bits per heavy atom. The minimum Gasteiger partial charge on any atom is -0.381 e. The minimum absolute atomic E-state index is 0.0988. The van der Waals surface area contributed by atoms with Gasteiger partial charge in [-0.1, -0.05) is 46.6 Å². The van der Waals surface area contributed by atoms with Crippen LogP contribution >= 0.6 is 11.3 Å². The van der Waals surface area contributed by atoms with Gasteiger partial charge < -0.3 is 10.1 Å². The molecule has 39 heavy (non-hydrogen) atoms. The lowest BCUT2D eigenvalue weighted by Crippen LogP contribution is -2.41. The molecule has 0 spiro atoms. The van der Waals surface area contributed by atoms with Crippen molar-refractivity contribution in [2.24, 2.45) is 5.41 Å². The summed E-state index contributed by atoms with van der Waals surface area (Å²) in [6.45, 7) is 15.3. The number of thiazole rings is 1. The van der Waals surface area contributed by atoms with Crippen LogP contribution < -0.4 is 10.0 Å². The predicted octanol–water partition coefficient (Wildman–Crippen LogP) is 6.22. The van der Waals surface area contributed by atoms with Gasteiger partial charge >= 0.3 is 0 Å². The Balaban J connectivity index is 1.76. The van der Waals surface area contributed by atoms with Gasteiger partial charge in [-0.25, -0.2) is 18.1 Å². The topological polar surface area (TPSA) is 97.4 Å². The van der Waals surface area contributed by atoms with Crippen LogP contribution in [-0.2, 0) is 26.6 Å². The molecule has 2 fully saturated rings. The van der Waals surface area contributed by atoms with Crippen LogP contribution in [0.25, 0.3) is 10.4 Å². The van der Waals surface area contributed by atoms with E-state index in [0.29, 0.717) is 23.1 Å². The van der Waals surface area contributed by atoms with E-state index in [2.05, 4.69) is 17.0 Å². The average Bonchev–Trinajstić information content (AvgIpc) is 3.44. The van der Waals surface area contributed by atoms with Crippen LogP contribution in [0.4, 0.5) is 0 Å². The Bertz CT molecular complexity index is 1290. The molecule has 216 valence electrons. The number of carbonyl (C=O) groups is 1. The highest BCUT2D eigenvalue weighted by molar-refractivity contribution is 7.89. The van der Waals surface area contributed by atoms with Crippen molar-refractivity contribution in [1.82, 2.24) is 15.0 Å². The molecule has 0 radical (unpaired) electrons. The zero-order valence-corrected chi connectivity index (χ0v) is 26.2. The van der Waals surface area contributed by atoms with Crippen LogP contribution in [0.1, 0.15) is 108 Å². The van der Waals surface area contributed by atoms with Gasteiger partial charge in [0.05, 0.1) is 15.5 Å². The summed E-state index contributed by atoms with van der Waals surface area (Å²) in [5, 5.41) is 3.63. The summed E-state index contributed by atoms with van der Waals surface area (Å²) in [6.07, 6.45) is 7.15. The van der Waals surface area contributed by atoms with Crippen LogP contribution in [-0.4, -0.2) is 44.1 Å². The number of nitrogens with zero attached hydrogens (tertiary/aromatic N) is 1.